The first kappa shape index (κ1) is 21.2. The van der Waals surface area contributed by atoms with E-state index in [9.17, 15) is 4.79 Å². The summed E-state index contributed by atoms with van der Waals surface area (Å²) in [5.41, 5.74) is 4.72. The van der Waals surface area contributed by atoms with E-state index in [1.165, 1.54) is 11.8 Å². The van der Waals surface area contributed by atoms with Crippen molar-refractivity contribution in [2.45, 2.75) is 19.1 Å². The largest absolute Gasteiger partial charge is 0.490 e. The second-order valence-electron chi connectivity index (χ2n) is 5.73. The molecule has 0 saturated heterocycles. The predicted octanol–water partition coefficient (Wildman–Crippen LogP) is 4.63. The summed E-state index contributed by atoms with van der Waals surface area (Å²) in [7, 11) is 0. The van der Waals surface area contributed by atoms with E-state index in [2.05, 4.69) is 31.4 Å². The fourth-order valence-electron chi connectivity index (χ4n) is 2.46. The number of ether oxygens (including phenoxy) is 2. The Bertz CT molecular complexity index is 989. The zero-order valence-corrected chi connectivity index (χ0v) is 18.4. The summed E-state index contributed by atoms with van der Waals surface area (Å²) < 4.78 is 17.6. The molecule has 0 unspecified atom stereocenters. The molecule has 0 spiro atoms. The lowest BCUT2D eigenvalue weighted by atomic mass is 10.2. The van der Waals surface area contributed by atoms with Crippen LogP contribution in [0.1, 0.15) is 19.4 Å². The summed E-state index contributed by atoms with van der Waals surface area (Å²) in [5, 5.41) is 4.45. The summed E-state index contributed by atoms with van der Waals surface area (Å²) in [4.78, 5) is 16.3. The summed E-state index contributed by atoms with van der Waals surface area (Å²) in [6.45, 7) is 4.85. The van der Waals surface area contributed by atoms with Gasteiger partial charge in [0.15, 0.2) is 17.1 Å². The van der Waals surface area contributed by atoms with Crippen LogP contribution in [0.15, 0.2) is 55.6 Å². The van der Waals surface area contributed by atoms with Gasteiger partial charge in [0.1, 0.15) is 5.52 Å². The molecule has 0 aliphatic heterocycles. The highest BCUT2D eigenvalue weighted by Crippen LogP contribution is 2.36. The van der Waals surface area contributed by atoms with Crippen molar-refractivity contribution in [3.05, 3.63) is 46.4 Å². The molecule has 0 saturated carbocycles. The normalized spacial score (nSPS) is 11.1. The fourth-order valence-corrected chi connectivity index (χ4v) is 3.67. The van der Waals surface area contributed by atoms with Gasteiger partial charge in [-0.1, -0.05) is 23.9 Å². The number of halogens is 1. The molecule has 0 bridgehead atoms. The minimum atomic E-state index is -0.261. The number of nitrogens with one attached hydrogen (secondary N) is 1. The fraction of sp³-hybridized carbons (Fsp3) is 0.250. The number of carbonyl (C=O) groups excluding carboxylic acids is 1. The highest BCUT2D eigenvalue weighted by molar-refractivity contribution is 9.10. The van der Waals surface area contributed by atoms with Gasteiger partial charge in [0.25, 0.3) is 11.1 Å². The third-order valence-corrected chi connectivity index (χ3v) is 5.04. The van der Waals surface area contributed by atoms with Crippen LogP contribution in [0.4, 0.5) is 0 Å². The molecule has 7 nitrogen and oxygen atoms in total. The Morgan fingerprint density at radius 3 is 2.83 bits per heavy atom. The Kier molecular flexibility index (Phi) is 7.54. The number of aromatic nitrogens is 1. The van der Waals surface area contributed by atoms with E-state index in [-0.39, 0.29) is 11.7 Å². The molecule has 1 N–H and O–H groups in total. The number of thioether (sulfide) groups is 1. The molecule has 0 atom stereocenters. The average Bonchev–Trinajstić information content (AvgIpc) is 3.12. The molecule has 0 aliphatic carbocycles. The Hall–Kier alpha value is -2.52. The lowest BCUT2D eigenvalue weighted by Gasteiger charge is -2.13. The quantitative estimate of drug-likeness (QED) is 0.274. The van der Waals surface area contributed by atoms with Crippen LogP contribution < -0.4 is 14.9 Å². The van der Waals surface area contributed by atoms with Crippen LogP contribution >= 0.6 is 27.7 Å². The van der Waals surface area contributed by atoms with Gasteiger partial charge in [0.2, 0.25) is 0 Å². The number of hydrazone groups is 1. The standard InChI is InChI=1S/C20H20BrN3O4S/c1-3-26-17-10-13(9-14(21)19(17)27-4-2)11-22-24-18(25)12-29-20-23-15-7-5-6-8-16(15)28-20/h5-11H,3-4,12H2,1-2H3,(H,24,25)/b22-11-. The van der Waals surface area contributed by atoms with E-state index in [0.29, 0.717) is 35.5 Å². The van der Waals surface area contributed by atoms with Crippen LogP contribution in [0.5, 0.6) is 11.5 Å². The van der Waals surface area contributed by atoms with Gasteiger partial charge < -0.3 is 13.9 Å². The number of nitrogens with zero attached hydrogens (tertiary/aromatic N) is 2. The number of hydrogen-bond acceptors (Lipinski definition) is 7. The van der Waals surface area contributed by atoms with Crippen molar-refractivity contribution < 1.29 is 18.7 Å². The molecule has 1 heterocycles. The third-order valence-electron chi connectivity index (χ3n) is 3.62. The number of para-hydroxylation sites is 2. The van der Waals surface area contributed by atoms with Crippen molar-refractivity contribution in [2.24, 2.45) is 5.10 Å². The Morgan fingerprint density at radius 1 is 1.28 bits per heavy atom. The van der Waals surface area contributed by atoms with Gasteiger partial charge in [0.05, 0.1) is 29.7 Å². The second kappa shape index (κ2) is 10.3. The third kappa shape index (κ3) is 5.74. The van der Waals surface area contributed by atoms with E-state index in [4.69, 9.17) is 13.9 Å². The molecule has 3 aromatic rings. The second-order valence-corrected chi connectivity index (χ2v) is 7.51. The summed E-state index contributed by atoms with van der Waals surface area (Å²) in [6.07, 6.45) is 1.55. The van der Waals surface area contributed by atoms with Gasteiger partial charge in [-0.3, -0.25) is 4.79 Å². The van der Waals surface area contributed by atoms with Gasteiger partial charge in [-0.15, -0.1) is 0 Å². The Balaban J connectivity index is 1.57. The molecule has 3 rings (SSSR count). The van der Waals surface area contributed by atoms with Crippen molar-refractivity contribution in [2.75, 3.05) is 19.0 Å². The van der Waals surface area contributed by atoms with Crippen molar-refractivity contribution in [1.29, 1.82) is 0 Å². The predicted molar refractivity (Wildman–Crippen MR) is 117 cm³/mol. The van der Waals surface area contributed by atoms with Crippen LogP contribution in [0.3, 0.4) is 0 Å². The van der Waals surface area contributed by atoms with Crippen LogP contribution in [-0.4, -0.2) is 36.1 Å². The molecular weight excluding hydrogens is 458 g/mol. The minimum Gasteiger partial charge on any atom is -0.490 e. The monoisotopic (exact) mass is 477 g/mol. The summed E-state index contributed by atoms with van der Waals surface area (Å²) >= 11 is 4.69. The molecule has 9 heteroatoms. The Labute approximate surface area is 181 Å². The number of carbonyl (C=O) groups is 1. The van der Waals surface area contributed by atoms with Crippen molar-refractivity contribution in [3.8, 4) is 11.5 Å². The lowest BCUT2D eigenvalue weighted by Crippen LogP contribution is -2.19. The molecule has 1 aromatic heterocycles. The highest BCUT2D eigenvalue weighted by Gasteiger charge is 2.12. The molecule has 152 valence electrons. The van der Waals surface area contributed by atoms with Crippen molar-refractivity contribution in [1.82, 2.24) is 10.4 Å². The van der Waals surface area contributed by atoms with Gasteiger partial charge >= 0.3 is 0 Å². The Morgan fingerprint density at radius 2 is 2.07 bits per heavy atom. The molecular formula is C20H20BrN3O4S. The van der Waals surface area contributed by atoms with Crippen LogP contribution in [0.2, 0.25) is 0 Å². The molecule has 0 aliphatic rings. The van der Waals surface area contributed by atoms with E-state index >= 15 is 0 Å². The average molecular weight is 478 g/mol. The number of benzene rings is 2. The highest BCUT2D eigenvalue weighted by atomic mass is 79.9. The summed E-state index contributed by atoms with van der Waals surface area (Å²) in [5.74, 6) is 1.14. The van der Waals surface area contributed by atoms with Gasteiger partial charge in [-0.05, 0) is 59.6 Å². The zero-order valence-electron chi connectivity index (χ0n) is 16.0. The first-order valence-corrected chi connectivity index (χ1v) is 10.8. The topological polar surface area (TPSA) is 86.0 Å². The number of amides is 1. The maximum Gasteiger partial charge on any atom is 0.257 e. The number of rotatable bonds is 9. The molecule has 0 radical (unpaired) electrons. The number of oxazole rings is 1. The van der Waals surface area contributed by atoms with E-state index in [1.54, 1.807) is 6.21 Å². The number of fused-ring (bicyclic) bond motifs is 1. The lowest BCUT2D eigenvalue weighted by molar-refractivity contribution is -0.118. The molecule has 2 aromatic carbocycles. The smallest absolute Gasteiger partial charge is 0.257 e. The first-order valence-electron chi connectivity index (χ1n) is 9.00. The van der Waals surface area contributed by atoms with E-state index in [1.807, 2.05) is 50.2 Å². The first-order chi connectivity index (χ1) is 14.1. The van der Waals surface area contributed by atoms with Crippen molar-refractivity contribution in [3.63, 3.8) is 0 Å². The maximum atomic E-state index is 12.0. The van der Waals surface area contributed by atoms with Gasteiger partial charge in [-0.2, -0.15) is 5.10 Å². The SMILES string of the molecule is CCOc1cc(/C=N\NC(=O)CSc2nc3ccccc3o2)cc(Br)c1OCC. The molecule has 0 fully saturated rings. The van der Waals surface area contributed by atoms with Gasteiger partial charge in [-0.25, -0.2) is 10.4 Å². The van der Waals surface area contributed by atoms with Crippen LogP contribution in [-0.2, 0) is 4.79 Å². The summed E-state index contributed by atoms with van der Waals surface area (Å²) in [6, 6.07) is 11.1. The molecule has 1 amide bonds. The van der Waals surface area contributed by atoms with Crippen LogP contribution in [0, 0.1) is 0 Å². The van der Waals surface area contributed by atoms with Crippen molar-refractivity contribution >= 4 is 50.9 Å². The zero-order chi connectivity index (χ0) is 20.6. The molecule has 29 heavy (non-hydrogen) atoms. The van der Waals surface area contributed by atoms with E-state index < -0.39 is 0 Å². The maximum absolute atomic E-state index is 12.0. The van der Waals surface area contributed by atoms with Crippen LogP contribution in [0.25, 0.3) is 11.1 Å². The van der Waals surface area contributed by atoms with Gasteiger partial charge in [0, 0.05) is 0 Å². The minimum absolute atomic E-state index is 0.140. The number of hydrogen-bond donors (Lipinski definition) is 1. The van der Waals surface area contributed by atoms with E-state index in [0.717, 1.165) is 15.6 Å².